The predicted molar refractivity (Wildman–Crippen MR) is 46.9 cm³/mol. The molecule has 1 rings (SSSR count). The highest BCUT2D eigenvalue weighted by atomic mass is 127. The summed E-state index contributed by atoms with van der Waals surface area (Å²) in [4.78, 5) is 10.8. The average molecular weight is 258 g/mol. The first kappa shape index (κ1) is 7.69. The van der Waals surface area contributed by atoms with Crippen molar-refractivity contribution in [1.29, 1.82) is 0 Å². The van der Waals surface area contributed by atoms with E-state index < -0.39 is 0 Å². The van der Waals surface area contributed by atoms with Gasteiger partial charge in [-0.1, -0.05) is 9.39 Å². The van der Waals surface area contributed by atoms with Crippen LogP contribution in [0.15, 0.2) is 0 Å². The minimum absolute atomic E-state index is 0.148. The summed E-state index contributed by atoms with van der Waals surface area (Å²) in [5.41, 5.74) is 0. The van der Waals surface area contributed by atoms with Crippen LogP contribution in [0.1, 0.15) is 0 Å². The summed E-state index contributed by atoms with van der Waals surface area (Å²) in [6.07, 6.45) is 0. The second kappa shape index (κ2) is 3.12. The number of nitrogens with one attached hydrogen (secondary N) is 1. The van der Waals surface area contributed by atoms with Gasteiger partial charge in [-0.2, -0.15) is 0 Å². The average Bonchev–Trinajstić information content (AvgIpc) is 1.79. The van der Waals surface area contributed by atoms with E-state index in [1.165, 1.54) is 0 Å². The van der Waals surface area contributed by atoms with E-state index in [0.29, 0.717) is 0 Å². The van der Waals surface area contributed by atoms with Crippen LogP contribution in [0.4, 0.5) is 0 Å². The zero-order chi connectivity index (χ0) is 6.85. The summed E-state index contributed by atoms with van der Waals surface area (Å²) < 4.78 is 4.62. The Balaban J connectivity index is 2.23. The molecule has 0 aliphatic carbocycles. The summed E-state index contributed by atoms with van der Waals surface area (Å²) in [5.74, 6) is 0.369. The van der Waals surface area contributed by atoms with E-state index >= 15 is 0 Å². The Labute approximate surface area is 70.3 Å². The highest BCUT2D eigenvalue weighted by Gasteiger charge is 2.29. The van der Waals surface area contributed by atoms with Gasteiger partial charge in [0.2, 0.25) is 5.91 Å². The molecule has 0 aromatic rings. The molecular formula is C4H8IN2OP. The second-order valence-corrected chi connectivity index (χ2v) is 3.38. The number of nitrogens with zero attached hydrogens (tertiary/aromatic N) is 1. The molecule has 9 heavy (non-hydrogen) atoms. The van der Waals surface area contributed by atoms with Crippen LogP contribution in [0.25, 0.3) is 0 Å². The molecule has 1 amide bonds. The Morgan fingerprint density at radius 3 is 2.67 bits per heavy atom. The molecule has 0 aromatic heterocycles. The van der Waals surface area contributed by atoms with Crippen molar-refractivity contribution in [2.75, 3.05) is 13.1 Å². The Bertz CT molecular complexity index is 126. The number of carbonyl (C=O) groups is 1. The van der Waals surface area contributed by atoms with Crippen molar-refractivity contribution in [3.05, 3.63) is 0 Å². The lowest BCUT2D eigenvalue weighted by molar-refractivity contribution is -0.125. The fraction of sp³-hybridized carbons (Fsp3) is 0.750. The lowest BCUT2D eigenvalue weighted by atomic mass is 10.0. The largest absolute Gasteiger partial charge is 0.298 e. The smallest absolute Gasteiger partial charge is 0.234 e. The van der Waals surface area contributed by atoms with Gasteiger partial charge in [0.05, 0.1) is 28.8 Å². The van der Waals surface area contributed by atoms with Crippen molar-refractivity contribution in [1.82, 2.24) is 8.20 Å². The normalized spacial score (nSPS) is 21.1. The Morgan fingerprint density at radius 1 is 1.78 bits per heavy atom. The summed E-state index contributed by atoms with van der Waals surface area (Å²) in [6, 6.07) is 0. The van der Waals surface area contributed by atoms with Crippen molar-refractivity contribution >= 4 is 38.2 Å². The van der Waals surface area contributed by atoms with Crippen molar-refractivity contribution in [3.8, 4) is 0 Å². The monoisotopic (exact) mass is 258 g/mol. The van der Waals surface area contributed by atoms with Crippen LogP contribution in [0.3, 0.4) is 0 Å². The molecule has 1 heterocycles. The number of rotatable bonds is 1. The van der Waals surface area contributed by atoms with Gasteiger partial charge >= 0.3 is 0 Å². The topological polar surface area (TPSA) is 32.3 Å². The second-order valence-electron chi connectivity index (χ2n) is 2.11. The third-order valence-corrected chi connectivity index (χ3v) is 2.33. The van der Waals surface area contributed by atoms with Crippen LogP contribution in [0.2, 0.25) is 0 Å². The maximum Gasteiger partial charge on any atom is 0.234 e. The first-order valence-electron chi connectivity index (χ1n) is 2.64. The molecule has 0 bridgehead atoms. The summed E-state index contributed by atoms with van der Waals surface area (Å²) in [5, 5.41) is 0. The molecule has 1 saturated heterocycles. The molecule has 52 valence electrons. The fourth-order valence-electron chi connectivity index (χ4n) is 0.756. The van der Waals surface area contributed by atoms with Gasteiger partial charge in [-0.3, -0.25) is 13.0 Å². The molecule has 0 saturated carbocycles. The molecule has 0 aromatic carbocycles. The van der Waals surface area contributed by atoms with Crippen LogP contribution in [0, 0.1) is 5.92 Å². The molecule has 1 N–H and O–H groups in total. The maximum absolute atomic E-state index is 10.8. The van der Waals surface area contributed by atoms with Gasteiger partial charge in [0, 0.05) is 13.1 Å². The molecule has 1 fully saturated rings. The molecule has 1 aliphatic rings. The van der Waals surface area contributed by atoms with Crippen molar-refractivity contribution in [3.63, 3.8) is 0 Å². The first-order chi connectivity index (χ1) is 4.24. The van der Waals surface area contributed by atoms with E-state index in [1.54, 1.807) is 0 Å². The number of hydrogen-bond acceptors (Lipinski definition) is 2. The molecule has 0 radical (unpaired) electrons. The van der Waals surface area contributed by atoms with Gasteiger partial charge in [-0.25, -0.2) is 0 Å². The van der Waals surface area contributed by atoms with E-state index in [2.05, 4.69) is 12.9 Å². The lowest BCUT2D eigenvalue weighted by Crippen LogP contribution is -2.47. The van der Waals surface area contributed by atoms with Crippen LogP contribution >= 0.6 is 32.3 Å². The fourth-order valence-corrected chi connectivity index (χ4v) is 1.71. The third kappa shape index (κ3) is 1.75. The molecule has 1 unspecified atom stereocenters. The standard InChI is InChI=1S/C4H8IN2OP/c5-6-4(8)3-1-7(9)2-3/h3H,1-2,9H2,(H,6,8). The number of carbonyl (C=O) groups excluding carboxylic acids is 1. The van der Waals surface area contributed by atoms with Crippen LogP contribution in [-0.2, 0) is 4.79 Å². The SMILES string of the molecule is O=C(NI)C1CN(P)C1. The maximum atomic E-state index is 10.8. The Kier molecular flexibility index (Phi) is 2.67. The minimum atomic E-state index is 0.148. The van der Waals surface area contributed by atoms with Crippen LogP contribution in [0.5, 0.6) is 0 Å². The Hall–Kier alpha value is 0.590. The molecule has 1 aliphatic heterocycles. The summed E-state index contributed by atoms with van der Waals surface area (Å²) in [6.45, 7) is 1.75. The summed E-state index contributed by atoms with van der Waals surface area (Å²) in [7, 11) is 2.56. The molecule has 3 nitrogen and oxygen atoms in total. The van der Waals surface area contributed by atoms with E-state index in [4.69, 9.17) is 0 Å². The molecule has 5 heteroatoms. The highest BCUT2D eigenvalue weighted by molar-refractivity contribution is 14.1. The Morgan fingerprint density at radius 2 is 2.33 bits per heavy atom. The van der Waals surface area contributed by atoms with Gasteiger partial charge in [0.15, 0.2) is 0 Å². The van der Waals surface area contributed by atoms with Gasteiger partial charge < -0.3 is 0 Å². The minimum Gasteiger partial charge on any atom is -0.298 e. The number of halogens is 1. The summed E-state index contributed by atoms with van der Waals surface area (Å²) >= 11 is 1.87. The van der Waals surface area contributed by atoms with E-state index in [9.17, 15) is 4.79 Å². The number of hydrogen-bond donors (Lipinski definition) is 1. The van der Waals surface area contributed by atoms with E-state index in [-0.39, 0.29) is 11.8 Å². The van der Waals surface area contributed by atoms with E-state index in [0.717, 1.165) is 13.1 Å². The first-order valence-corrected chi connectivity index (χ1v) is 4.23. The van der Waals surface area contributed by atoms with Crippen molar-refractivity contribution < 1.29 is 4.79 Å². The van der Waals surface area contributed by atoms with E-state index in [1.807, 2.05) is 27.5 Å². The lowest BCUT2D eigenvalue weighted by Gasteiger charge is -2.33. The van der Waals surface area contributed by atoms with Crippen LogP contribution in [-0.4, -0.2) is 23.7 Å². The predicted octanol–water partition coefficient (Wildman–Crippen LogP) is 0.174. The molecule has 1 atom stereocenters. The zero-order valence-corrected chi connectivity index (χ0v) is 8.11. The molecule has 0 spiro atoms. The van der Waals surface area contributed by atoms with Crippen molar-refractivity contribution in [2.45, 2.75) is 0 Å². The van der Waals surface area contributed by atoms with Crippen molar-refractivity contribution in [2.24, 2.45) is 5.92 Å². The van der Waals surface area contributed by atoms with Gasteiger partial charge in [-0.15, -0.1) is 0 Å². The van der Waals surface area contributed by atoms with Gasteiger partial charge in [0.25, 0.3) is 0 Å². The quantitative estimate of drug-likeness (QED) is 0.413. The number of amides is 1. The van der Waals surface area contributed by atoms with Gasteiger partial charge in [0.1, 0.15) is 0 Å². The third-order valence-electron chi connectivity index (χ3n) is 1.37. The highest BCUT2D eigenvalue weighted by Crippen LogP contribution is 2.19. The van der Waals surface area contributed by atoms with Crippen LogP contribution < -0.4 is 3.53 Å². The molecular weight excluding hydrogens is 250 g/mol. The van der Waals surface area contributed by atoms with Gasteiger partial charge in [-0.05, 0) is 0 Å². The zero-order valence-electron chi connectivity index (χ0n) is 4.80.